The molecule has 0 aliphatic heterocycles. The molecule has 228 valence electrons. The predicted molar refractivity (Wildman–Crippen MR) is 174 cm³/mol. The van der Waals surface area contributed by atoms with Gasteiger partial charge in [-0.2, -0.15) is 11.8 Å². The number of carbonyl (C=O) groups is 2. The van der Waals surface area contributed by atoms with Crippen molar-refractivity contribution in [3.8, 4) is 0 Å². The lowest BCUT2D eigenvalue weighted by molar-refractivity contribution is 0.0488. The molecule has 41 heavy (non-hydrogen) atoms. The van der Waals surface area contributed by atoms with Crippen LogP contribution in [-0.4, -0.2) is 36.7 Å². The third-order valence-corrected chi connectivity index (χ3v) is 8.51. The van der Waals surface area contributed by atoms with Crippen LogP contribution in [0.3, 0.4) is 0 Å². The van der Waals surface area contributed by atoms with Crippen LogP contribution < -0.4 is 0 Å². The van der Waals surface area contributed by atoms with Crippen LogP contribution >= 0.6 is 11.8 Å². The second kappa shape index (κ2) is 25.4. The van der Waals surface area contributed by atoms with Crippen molar-refractivity contribution in [2.24, 2.45) is 0 Å². The van der Waals surface area contributed by atoms with Crippen molar-refractivity contribution in [1.82, 2.24) is 0 Å². The fourth-order valence-corrected chi connectivity index (χ4v) is 5.85. The molecule has 0 spiro atoms. The summed E-state index contributed by atoms with van der Waals surface area (Å²) in [7, 11) is 0. The zero-order valence-electron chi connectivity index (χ0n) is 25.4. The van der Waals surface area contributed by atoms with E-state index in [0.717, 1.165) is 25.7 Å². The molecular formula is C36H54O4S. The van der Waals surface area contributed by atoms with Gasteiger partial charge in [-0.3, -0.25) is 0 Å². The summed E-state index contributed by atoms with van der Waals surface area (Å²) >= 11 is 2.14. The highest BCUT2D eigenvalue weighted by Crippen LogP contribution is 2.15. The number of rotatable bonds is 26. The Morgan fingerprint density at radius 1 is 0.415 bits per heavy atom. The van der Waals surface area contributed by atoms with Crippen LogP contribution in [0.25, 0.3) is 0 Å². The Kier molecular flexibility index (Phi) is 21.7. The maximum atomic E-state index is 11.9. The van der Waals surface area contributed by atoms with Crippen molar-refractivity contribution in [1.29, 1.82) is 0 Å². The summed E-state index contributed by atoms with van der Waals surface area (Å²) in [6.07, 6.45) is 22.9. The molecule has 0 aromatic heterocycles. The first-order valence-electron chi connectivity index (χ1n) is 16.3. The minimum Gasteiger partial charge on any atom is -0.462 e. The number of carbonyl (C=O) groups excluding carboxylic acids is 2. The average molecular weight is 583 g/mol. The van der Waals surface area contributed by atoms with E-state index in [4.69, 9.17) is 9.47 Å². The molecule has 5 heteroatoms. The third-order valence-electron chi connectivity index (χ3n) is 7.35. The Labute approximate surface area is 254 Å². The van der Waals surface area contributed by atoms with E-state index in [2.05, 4.69) is 11.8 Å². The SMILES string of the molecule is O=C(OCCCCCCCCCCCSCCCCCCCCCCCOC(=O)c1ccccc1)c1ccccc1. The number of hydrogen-bond donors (Lipinski definition) is 0. The quantitative estimate of drug-likeness (QED) is 0.0816. The first kappa shape index (κ1) is 34.9. The number of unbranched alkanes of at least 4 members (excludes halogenated alkanes) is 16. The smallest absolute Gasteiger partial charge is 0.338 e. The van der Waals surface area contributed by atoms with Gasteiger partial charge in [-0.25, -0.2) is 9.59 Å². The van der Waals surface area contributed by atoms with Crippen LogP contribution in [0.2, 0.25) is 0 Å². The van der Waals surface area contributed by atoms with Gasteiger partial charge in [-0.05, 0) is 61.5 Å². The number of thioether (sulfide) groups is 1. The van der Waals surface area contributed by atoms with Crippen LogP contribution in [0.1, 0.15) is 136 Å². The zero-order valence-corrected chi connectivity index (χ0v) is 26.2. The second-order valence-electron chi connectivity index (χ2n) is 11.0. The van der Waals surface area contributed by atoms with Crippen molar-refractivity contribution >= 4 is 23.7 Å². The molecule has 0 radical (unpaired) electrons. The molecule has 0 fully saturated rings. The van der Waals surface area contributed by atoms with Gasteiger partial charge in [-0.1, -0.05) is 126 Å². The first-order chi connectivity index (χ1) is 20.3. The number of esters is 2. The maximum Gasteiger partial charge on any atom is 0.338 e. The van der Waals surface area contributed by atoms with E-state index in [0.29, 0.717) is 24.3 Å². The molecule has 0 atom stereocenters. The summed E-state index contributed by atoms with van der Waals surface area (Å²) in [4.78, 5) is 23.8. The summed E-state index contributed by atoms with van der Waals surface area (Å²) < 4.78 is 10.7. The van der Waals surface area contributed by atoms with Gasteiger partial charge in [0.2, 0.25) is 0 Å². The van der Waals surface area contributed by atoms with E-state index in [-0.39, 0.29) is 11.9 Å². The molecule has 0 saturated heterocycles. The molecule has 0 bridgehead atoms. The van der Waals surface area contributed by atoms with Gasteiger partial charge in [-0.15, -0.1) is 0 Å². The Hall–Kier alpha value is -2.27. The molecule has 0 amide bonds. The van der Waals surface area contributed by atoms with E-state index >= 15 is 0 Å². The first-order valence-corrected chi connectivity index (χ1v) is 17.4. The van der Waals surface area contributed by atoms with Crippen molar-refractivity contribution in [2.45, 2.75) is 116 Å². The Morgan fingerprint density at radius 3 is 1.05 bits per heavy atom. The van der Waals surface area contributed by atoms with E-state index < -0.39 is 0 Å². The van der Waals surface area contributed by atoms with Crippen LogP contribution in [0.15, 0.2) is 60.7 Å². The highest BCUT2D eigenvalue weighted by atomic mass is 32.2. The summed E-state index contributed by atoms with van der Waals surface area (Å²) in [6.45, 7) is 1.06. The molecule has 0 heterocycles. The number of hydrogen-bond acceptors (Lipinski definition) is 5. The molecule has 0 N–H and O–H groups in total. The molecular weight excluding hydrogens is 528 g/mol. The third kappa shape index (κ3) is 19.5. The Bertz CT molecular complexity index is 813. The minimum atomic E-state index is -0.208. The van der Waals surface area contributed by atoms with Crippen LogP contribution in [-0.2, 0) is 9.47 Å². The van der Waals surface area contributed by atoms with E-state index in [1.54, 1.807) is 24.3 Å². The highest BCUT2D eigenvalue weighted by molar-refractivity contribution is 7.99. The second-order valence-corrected chi connectivity index (χ2v) is 12.2. The van der Waals surface area contributed by atoms with Crippen LogP contribution in [0.5, 0.6) is 0 Å². The van der Waals surface area contributed by atoms with Crippen molar-refractivity contribution in [2.75, 3.05) is 24.7 Å². The molecule has 0 saturated carbocycles. The average Bonchev–Trinajstić information content (AvgIpc) is 3.01. The summed E-state index contributed by atoms with van der Waals surface area (Å²) in [6, 6.07) is 18.5. The fourth-order valence-electron chi connectivity index (χ4n) is 4.83. The number of benzene rings is 2. The van der Waals surface area contributed by atoms with Gasteiger partial charge in [0.05, 0.1) is 24.3 Å². The van der Waals surface area contributed by atoms with Gasteiger partial charge >= 0.3 is 11.9 Å². The largest absolute Gasteiger partial charge is 0.462 e. The van der Waals surface area contributed by atoms with E-state index in [9.17, 15) is 9.59 Å². The van der Waals surface area contributed by atoms with Crippen LogP contribution in [0.4, 0.5) is 0 Å². The summed E-state index contributed by atoms with van der Waals surface area (Å²) in [5.41, 5.74) is 1.28. The Morgan fingerprint density at radius 2 is 0.707 bits per heavy atom. The number of ether oxygens (including phenoxy) is 2. The lowest BCUT2D eigenvalue weighted by atomic mass is 10.1. The zero-order chi connectivity index (χ0) is 29.1. The highest BCUT2D eigenvalue weighted by Gasteiger charge is 2.06. The molecule has 0 aliphatic carbocycles. The maximum absolute atomic E-state index is 11.9. The van der Waals surface area contributed by atoms with Gasteiger partial charge in [0, 0.05) is 0 Å². The standard InChI is InChI=1S/C36H54O4S/c37-35(33-25-17-15-18-26-33)39-29-21-11-7-3-1-5-9-13-23-31-41-32-24-14-10-6-2-4-8-12-22-30-40-36(38)34-27-19-16-20-28-34/h15-20,25-28H,1-14,21-24,29-32H2. The molecule has 0 unspecified atom stereocenters. The van der Waals surface area contributed by atoms with Crippen LogP contribution in [0, 0.1) is 0 Å². The van der Waals surface area contributed by atoms with Gasteiger partial charge in [0.25, 0.3) is 0 Å². The molecule has 2 rings (SSSR count). The van der Waals surface area contributed by atoms with Crippen molar-refractivity contribution < 1.29 is 19.1 Å². The van der Waals surface area contributed by atoms with Gasteiger partial charge < -0.3 is 9.47 Å². The van der Waals surface area contributed by atoms with E-state index in [1.807, 2.05) is 36.4 Å². The normalized spacial score (nSPS) is 10.9. The topological polar surface area (TPSA) is 52.6 Å². The predicted octanol–water partition coefficient (Wildman–Crippen LogP) is 10.5. The molecule has 2 aromatic carbocycles. The summed E-state index contributed by atoms with van der Waals surface area (Å²) in [5.74, 6) is 2.23. The molecule has 2 aromatic rings. The lowest BCUT2D eigenvalue weighted by Crippen LogP contribution is -2.06. The molecule has 4 nitrogen and oxygen atoms in total. The fraction of sp³-hybridized carbons (Fsp3) is 0.611. The Balaban J connectivity index is 1.20. The van der Waals surface area contributed by atoms with Crippen molar-refractivity contribution in [3.05, 3.63) is 71.8 Å². The lowest BCUT2D eigenvalue weighted by Gasteiger charge is -2.06. The van der Waals surface area contributed by atoms with E-state index in [1.165, 1.54) is 101 Å². The minimum absolute atomic E-state index is 0.208. The molecule has 0 aliphatic rings. The monoisotopic (exact) mass is 582 g/mol. The summed E-state index contributed by atoms with van der Waals surface area (Å²) in [5, 5.41) is 0. The van der Waals surface area contributed by atoms with Gasteiger partial charge in [0.1, 0.15) is 0 Å². The van der Waals surface area contributed by atoms with Crippen molar-refractivity contribution in [3.63, 3.8) is 0 Å². The van der Waals surface area contributed by atoms with Gasteiger partial charge in [0.15, 0.2) is 0 Å².